The summed E-state index contributed by atoms with van der Waals surface area (Å²) in [5.74, 6) is -4.01. The van der Waals surface area contributed by atoms with Crippen LogP contribution in [0.2, 0.25) is 0 Å². The predicted octanol–water partition coefficient (Wildman–Crippen LogP) is -3.08. The molecule has 0 spiro atoms. The normalized spacial score (nSPS) is 23.2. The number of halogens is 3. The second-order valence-corrected chi connectivity index (χ2v) is 9.05. The van der Waals surface area contributed by atoms with Gasteiger partial charge in [-0.25, -0.2) is 28.0 Å². The van der Waals surface area contributed by atoms with E-state index in [0.29, 0.717) is 0 Å². The molecule has 1 aliphatic rings. The van der Waals surface area contributed by atoms with E-state index in [0.717, 1.165) is 11.8 Å². The average Bonchev–Trinajstić information content (AvgIpc) is 3.15. The zero-order chi connectivity index (χ0) is 27.8. The molecule has 1 rings (SSSR count). The number of aliphatic hydroxyl groups excluding tert-OH is 5. The van der Waals surface area contributed by atoms with Gasteiger partial charge in [-0.15, -0.1) is 11.8 Å². The van der Waals surface area contributed by atoms with Crippen LogP contribution in [0.1, 0.15) is 0 Å². The first-order valence-electron chi connectivity index (χ1n) is 9.80. The van der Waals surface area contributed by atoms with Crippen LogP contribution < -0.4 is 0 Å². The summed E-state index contributed by atoms with van der Waals surface area (Å²) in [6.07, 6.45) is -6.91. The molecule has 0 amide bonds. The minimum atomic E-state index is -2.14. The molecule has 5 N–H and O–H groups in total. The zero-order valence-electron chi connectivity index (χ0n) is 18.3. The summed E-state index contributed by atoms with van der Waals surface area (Å²) >= 11 is 3.63. The monoisotopic (exact) mass is 614 g/mol. The first kappa shape index (κ1) is 34.0. The fourth-order valence-corrected chi connectivity index (χ4v) is 4.00. The summed E-state index contributed by atoms with van der Waals surface area (Å²) in [5.41, 5.74) is -1.40. The summed E-state index contributed by atoms with van der Waals surface area (Å²) in [5, 5.41) is 42.3. The molecule has 0 aromatic heterocycles. The molecular formula is C18H25BrF2O14S. The van der Waals surface area contributed by atoms with Crippen molar-refractivity contribution in [3.8, 4) is 0 Å². The molecule has 0 bridgehead atoms. The molecule has 1 unspecified atom stereocenters. The van der Waals surface area contributed by atoms with Gasteiger partial charge >= 0.3 is 23.9 Å². The highest BCUT2D eigenvalue weighted by atomic mass is 79.9. The molecule has 14 nitrogen and oxygen atoms in total. The number of hydrogen-bond acceptors (Lipinski definition) is 15. The highest BCUT2D eigenvalue weighted by Crippen LogP contribution is 2.37. The van der Waals surface area contributed by atoms with Gasteiger partial charge < -0.3 is 44.5 Å². The molecule has 1 saturated heterocycles. The molecule has 36 heavy (non-hydrogen) atoms. The summed E-state index contributed by atoms with van der Waals surface area (Å²) in [6, 6.07) is 0. The van der Waals surface area contributed by atoms with Crippen molar-refractivity contribution in [2.75, 3.05) is 39.6 Å². The van der Waals surface area contributed by atoms with Gasteiger partial charge in [0.25, 0.3) is 0 Å². The van der Waals surface area contributed by atoms with Crippen LogP contribution >= 0.6 is 27.7 Å². The maximum Gasteiger partial charge on any atom is 0.332 e. The van der Waals surface area contributed by atoms with Crippen molar-refractivity contribution >= 4 is 57.9 Å². The Bertz CT molecular complexity index is 732. The fourth-order valence-electron chi connectivity index (χ4n) is 2.30. The van der Waals surface area contributed by atoms with Gasteiger partial charge in [0.15, 0.2) is 30.8 Å². The number of alkyl halides is 3. The van der Waals surface area contributed by atoms with Gasteiger partial charge in [-0.3, -0.25) is 4.79 Å². The molecule has 0 aliphatic carbocycles. The zero-order valence-corrected chi connectivity index (χ0v) is 20.7. The number of thioether (sulfide) groups is 1. The van der Waals surface area contributed by atoms with E-state index < -0.39 is 97.0 Å². The van der Waals surface area contributed by atoms with Crippen LogP contribution in [-0.4, -0.2) is 135 Å². The molecule has 1 fully saturated rings. The van der Waals surface area contributed by atoms with Crippen molar-refractivity contribution in [1.82, 2.24) is 0 Å². The van der Waals surface area contributed by atoms with Gasteiger partial charge in [0, 0.05) is 0 Å². The van der Waals surface area contributed by atoms with E-state index in [1.54, 1.807) is 0 Å². The number of ether oxygens (including phenoxy) is 4. The van der Waals surface area contributed by atoms with Crippen LogP contribution in [0.15, 0.2) is 0 Å². The Morgan fingerprint density at radius 3 is 1.97 bits per heavy atom. The molecular weight excluding hydrogens is 590 g/mol. The van der Waals surface area contributed by atoms with Gasteiger partial charge in [-0.2, -0.15) is 0 Å². The molecule has 1 aliphatic heterocycles. The van der Waals surface area contributed by atoms with Crippen LogP contribution in [0.25, 0.3) is 0 Å². The van der Waals surface area contributed by atoms with E-state index >= 15 is 0 Å². The van der Waals surface area contributed by atoms with Crippen molar-refractivity contribution in [3.63, 3.8) is 0 Å². The van der Waals surface area contributed by atoms with Crippen molar-refractivity contribution < 1.29 is 77.2 Å². The quantitative estimate of drug-likeness (QED) is 0.0600. The van der Waals surface area contributed by atoms with Gasteiger partial charge in [-0.1, -0.05) is 15.9 Å². The molecule has 0 aromatic rings. The molecule has 208 valence electrons. The maximum absolute atomic E-state index is 13.5. The first-order chi connectivity index (χ1) is 16.9. The topological polar surface area (TPSA) is 223 Å². The Balaban J connectivity index is 0.000000681. The third-order valence-electron chi connectivity index (χ3n) is 3.93. The van der Waals surface area contributed by atoms with E-state index in [4.69, 9.17) is 20.4 Å². The summed E-state index contributed by atoms with van der Waals surface area (Å²) in [7, 11) is 0. The van der Waals surface area contributed by atoms with Crippen LogP contribution in [-0.2, 0) is 42.9 Å². The number of aliphatic hydroxyl groups is 5. The van der Waals surface area contributed by atoms with Crippen LogP contribution in [0, 0.1) is 0 Å². The summed E-state index contributed by atoms with van der Waals surface area (Å²) in [4.78, 5) is 52.4. The van der Waals surface area contributed by atoms with Gasteiger partial charge in [-0.05, 0) is 0 Å². The highest BCUT2D eigenvalue weighted by Gasteiger charge is 2.47. The number of rotatable bonds is 13. The lowest BCUT2D eigenvalue weighted by atomic mass is 10.2. The number of carbonyl (C=O) groups excluding carboxylic acids is 5. The SMILES string of the molecule is O=C(CO)OC[C@H]1SC(O)[C@@H](F)[C@@H]1OC(=O)CO.O=C[C@@H](F)[C@H](OC(=O)CO)[C@@H](Br)COC(=O)CO. The van der Waals surface area contributed by atoms with Crippen LogP contribution in [0.4, 0.5) is 8.78 Å². The second kappa shape index (κ2) is 18.3. The smallest absolute Gasteiger partial charge is 0.332 e. The lowest BCUT2D eigenvalue weighted by Crippen LogP contribution is -2.40. The third-order valence-corrected chi connectivity index (χ3v) is 6.01. The lowest BCUT2D eigenvalue weighted by molar-refractivity contribution is -0.159. The summed E-state index contributed by atoms with van der Waals surface area (Å²) < 4.78 is 44.9. The second-order valence-electron chi connectivity index (χ2n) is 6.51. The molecule has 0 radical (unpaired) electrons. The number of esters is 4. The fraction of sp³-hybridized carbons (Fsp3) is 0.722. The van der Waals surface area contributed by atoms with Gasteiger partial charge in [0.05, 0.1) is 10.1 Å². The molecule has 7 atom stereocenters. The molecule has 1 heterocycles. The van der Waals surface area contributed by atoms with Crippen molar-refractivity contribution in [2.24, 2.45) is 0 Å². The molecule has 0 aromatic carbocycles. The predicted molar refractivity (Wildman–Crippen MR) is 116 cm³/mol. The molecule has 18 heteroatoms. The Hall–Kier alpha value is -1.96. The Kier molecular flexibility index (Phi) is 17.3. The van der Waals surface area contributed by atoms with E-state index in [1.165, 1.54) is 0 Å². The summed E-state index contributed by atoms with van der Waals surface area (Å²) in [6.45, 7) is -4.29. The van der Waals surface area contributed by atoms with E-state index in [9.17, 15) is 37.9 Å². The van der Waals surface area contributed by atoms with Crippen molar-refractivity contribution in [2.45, 2.75) is 40.1 Å². The number of carbonyl (C=O) groups is 5. The van der Waals surface area contributed by atoms with Gasteiger partial charge in [0.2, 0.25) is 0 Å². The maximum atomic E-state index is 13.5. The van der Waals surface area contributed by atoms with E-state index in [2.05, 4.69) is 34.9 Å². The first-order valence-corrected chi connectivity index (χ1v) is 11.7. The minimum absolute atomic E-state index is 0.0859. The largest absolute Gasteiger partial charge is 0.463 e. The Labute approximate surface area is 214 Å². The average molecular weight is 615 g/mol. The molecule has 0 saturated carbocycles. The number of aldehydes is 1. The van der Waals surface area contributed by atoms with Crippen LogP contribution in [0.3, 0.4) is 0 Å². The lowest BCUT2D eigenvalue weighted by Gasteiger charge is -2.22. The number of hydrogen-bond donors (Lipinski definition) is 5. The highest BCUT2D eigenvalue weighted by molar-refractivity contribution is 9.09. The van der Waals surface area contributed by atoms with E-state index in [-0.39, 0.29) is 12.9 Å². The standard InChI is InChI=1S/C9H12BrFO7.C9H13FO7S/c10-5(4-17-7(15)2-13)9(6(11)1-12)18-8(16)3-14;10-7-8(17-6(14)2-12)4(18-9(7)15)3-16-5(13)1-11/h1,5-6,9,13-14H,2-4H2;4,7-9,11-12,15H,1-3H2/t5-,6+,9+;4-,7+,8-,9?/m01/s1. The van der Waals surface area contributed by atoms with Gasteiger partial charge in [0.1, 0.15) is 45.1 Å². The Morgan fingerprint density at radius 1 is 0.944 bits per heavy atom. The minimum Gasteiger partial charge on any atom is -0.463 e. The van der Waals surface area contributed by atoms with Crippen molar-refractivity contribution in [3.05, 3.63) is 0 Å². The Morgan fingerprint density at radius 2 is 1.47 bits per heavy atom. The van der Waals surface area contributed by atoms with Crippen molar-refractivity contribution in [1.29, 1.82) is 0 Å². The third kappa shape index (κ3) is 12.3. The van der Waals surface area contributed by atoms with E-state index in [1.807, 2.05) is 0 Å². The van der Waals surface area contributed by atoms with Crippen LogP contribution in [0.5, 0.6) is 0 Å².